The van der Waals surface area contributed by atoms with Crippen LogP contribution in [0.4, 0.5) is 19.1 Å². The second-order valence-corrected chi connectivity index (χ2v) is 7.56. The van der Waals surface area contributed by atoms with Gasteiger partial charge in [-0.15, -0.1) is 0 Å². The lowest BCUT2D eigenvalue weighted by molar-refractivity contribution is -0.137. The Morgan fingerprint density at radius 2 is 2.03 bits per heavy atom. The van der Waals surface area contributed by atoms with Crippen molar-refractivity contribution in [2.24, 2.45) is 5.73 Å². The Bertz CT molecular complexity index is 1260. The van der Waals surface area contributed by atoms with Gasteiger partial charge in [0.05, 0.1) is 17.7 Å². The second-order valence-electron chi connectivity index (χ2n) is 7.56. The van der Waals surface area contributed by atoms with Crippen molar-refractivity contribution >= 4 is 27.8 Å². The van der Waals surface area contributed by atoms with Crippen LogP contribution in [0.25, 0.3) is 32.9 Å². The Kier molecular flexibility index (Phi) is 4.75. The number of nitrogens with one attached hydrogen (secondary N) is 2. The average Bonchev–Trinajstić information content (AvgIpc) is 3.17. The van der Waals surface area contributed by atoms with Gasteiger partial charge < -0.3 is 20.8 Å². The first-order valence-corrected chi connectivity index (χ1v) is 9.79. The van der Waals surface area contributed by atoms with Crippen LogP contribution in [0.3, 0.4) is 0 Å². The molecule has 0 amide bonds. The fourth-order valence-corrected chi connectivity index (χ4v) is 3.85. The third kappa shape index (κ3) is 3.68. The van der Waals surface area contributed by atoms with Gasteiger partial charge in [-0.3, -0.25) is 4.98 Å². The van der Waals surface area contributed by atoms with E-state index in [0.717, 1.165) is 23.9 Å². The highest BCUT2D eigenvalue weighted by Crippen LogP contribution is 2.36. The summed E-state index contributed by atoms with van der Waals surface area (Å²) in [6.45, 7) is 1.08. The van der Waals surface area contributed by atoms with E-state index in [-0.39, 0.29) is 12.1 Å². The molecule has 3 aromatic heterocycles. The molecular weight excluding hydrogens is 409 g/mol. The van der Waals surface area contributed by atoms with Crippen LogP contribution >= 0.6 is 0 Å². The molecule has 1 aliphatic heterocycles. The second kappa shape index (κ2) is 7.47. The maximum absolute atomic E-state index is 13.1. The molecule has 7 nitrogen and oxygen atoms in total. The monoisotopic (exact) mass is 428 g/mol. The minimum Gasteiger partial charge on any atom is -0.380 e. The number of alkyl halides is 3. The third-order valence-corrected chi connectivity index (χ3v) is 5.50. The van der Waals surface area contributed by atoms with Crippen LogP contribution in [0.2, 0.25) is 0 Å². The Morgan fingerprint density at radius 3 is 2.84 bits per heavy atom. The summed E-state index contributed by atoms with van der Waals surface area (Å²) < 4.78 is 44.5. The highest BCUT2D eigenvalue weighted by Gasteiger charge is 2.31. The summed E-state index contributed by atoms with van der Waals surface area (Å²) in [4.78, 5) is 16.2. The van der Waals surface area contributed by atoms with Crippen molar-refractivity contribution in [1.82, 2.24) is 19.9 Å². The number of halogens is 3. The highest BCUT2D eigenvalue weighted by molar-refractivity contribution is 6.03. The maximum atomic E-state index is 13.1. The lowest BCUT2D eigenvalue weighted by Gasteiger charge is -2.29. The number of ether oxygens (including phenoxy) is 1. The predicted molar refractivity (Wildman–Crippen MR) is 110 cm³/mol. The van der Waals surface area contributed by atoms with Gasteiger partial charge in [-0.2, -0.15) is 13.2 Å². The van der Waals surface area contributed by atoms with Gasteiger partial charge in [0, 0.05) is 70.9 Å². The topological polar surface area (TPSA) is 102 Å². The van der Waals surface area contributed by atoms with Gasteiger partial charge >= 0.3 is 6.18 Å². The summed E-state index contributed by atoms with van der Waals surface area (Å²) in [5.41, 5.74) is 7.87. The van der Waals surface area contributed by atoms with Crippen molar-refractivity contribution in [2.45, 2.75) is 24.7 Å². The molecule has 1 fully saturated rings. The summed E-state index contributed by atoms with van der Waals surface area (Å²) in [6.07, 6.45) is 2.99. The van der Waals surface area contributed by atoms with Crippen LogP contribution in [-0.2, 0) is 10.9 Å². The SMILES string of the molecule is N[C@H]1COCC[C@H]1Nc1ncc2cncc(-c3c[nH]c4cc(C(F)(F)F)ccc34)c2n1. The van der Waals surface area contributed by atoms with Crippen LogP contribution < -0.4 is 11.1 Å². The van der Waals surface area contributed by atoms with Gasteiger partial charge in [-0.25, -0.2) is 9.97 Å². The number of pyridine rings is 1. The molecular formula is C21H19F3N6O. The number of hydrogen-bond donors (Lipinski definition) is 3. The lowest BCUT2D eigenvalue weighted by Crippen LogP contribution is -2.47. The third-order valence-electron chi connectivity index (χ3n) is 5.50. The van der Waals surface area contributed by atoms with Crippen molar-refractivity contribution in [3.8, 4) is 11.1 Å². The number of H-pyrrole nitrogens is 1. The van der Waals surface area contributed by atoms with Crippen molar-refractivity contribution in [2.75, 3.05) is 18.5 Å². The molecule has 0 aliphatic carbocycles. The van der Waals surface area contributed by atoms with Crippen LogP contribution in [0.5, 0.6) is 0 Å². The first kappa shape index (κ1) is 19.7. The van der Waals surface area contributed by atoms with E-state index in [0.29, 0.717) is 46.7 Å². The summed E-state index contributed by atoms with van der Waals surface area (Å²) in [7, 11) is 0. The Hall–Kier alpha value is -3.24. The number of hydrogen-bond acceptors (Lipinski definition) is 6. The van der Waals surface area contributed by atoms with Gasteiger partial charge in [0.15, 0.2) is 0 Å². The zero-order valence-corrected chi connectivity index (χ0v) is 16.3. The van der Waals surface area contributed by atoms with E-state index in [1.165, 1.54) is 6.07 Å². The molecule has 2 atom stereocenters. The first-order chi connectivity index (χ1) is 14.9. The molecule has 0 bridgehead atoms. The number of fused-ring (bicyclic) bond motifs is 2. The minimum atomic E-state index is -4.40. The largest absolute Gasteiger partial charge is 0.416 e. The van der Waals surface area contributed by atoms with Crippen molar-refractivity contribution < 1.29 is 17.9 Å². The van der Waals surface area contributed by atoms with E-state index >= 15 is 0 Å². The standard InChI is InChI=1S/C21H19F3N6O/c22-21(23,24)12-1-2-13-14(9-27-18(13)5-12)15-8-26-6-11-7-28-20(30-19(11)15)29-17-3-4-31-10-16(17)25/h1-2,5-9,16-17,27H,3-4,10,25H2,(H,28,29,30)/t16-,17+/m0/s1. The van der Waals surface area contributed by atoms with Crippen molar-refractivity contribution in [3.05, 3.63) is 48.5 Å². The number of rotatable bonds is 3. The first-order valence-electron chi connectivity index (χ1n) is 9.79. The summed E-state index contributed by atoms with van der Waals surface area (Å²) in [6, 6.07) is 3.47. The maximum Gasteiger partial charge on any atom is 0.416 e. The molecule has 1 saturated heterocycles. The molecule has 4 aromatic rings. The normalized spacial score (nSPS) is 19.7. The van der Waals surface area contributed by atoms with Crippen molar-refractivity contribution in [3.63, 3.8) is 0 Å². The van der Waals surface area contributed by atoms with Gasteiger partial charge in [0.1, 0.15) is 0 Å². The van der Waals surface area contributed by atoms with E-state index in [1.54, 1.807) is 24.8 Å². The lowest BCUT2D eigenvalue weighted by atomic mass is 10.0. The van der Waals surface area contributed by atoms with Gasteiger partial charge in [-0.05, 0) is 18.6 Å². The quantitative estimate of drug-likeness (QED) is 0.460. The van der Waals surface area contributed by atoms with Gasteiger partial charge in [-0.1, -0.05) is 6.07 Å². The number of nitrogens with two attached hydrogens (primary N) is 1. The Morgan fingerprint density at radius 1 is 1.16 bits per heavy atom. The van der Waals surface area contributed by atoms with E-state index in [1.807, 2.05) is 0 Å². The van der Waals surface area contributed by atoms with Crippen LogP contribution in [0.1, 0.15) is 12.0 Å². The van der Waals surface area contributed by atoms with Crippen LogP contribution in [-0.4, -0.2) is 45.2 Å². The highest BCUT2D eigenvalue weighted by atomic mass is 19.4. The molecule has 160 valence electrons. The molecule has 4 N–H and O–H groups in total. The number of aromatic nitrogens is 4. The summed E-state index contributed by atoms with van der Waals surface area (Å²) in [5, 5.41) is 4.65. The van der Waals surface area contributed by atoms with Gasteiger partial charge in [0.2, 0.25) is 5.95 Å². The van der Waals surface area contributed by atoms with Gasteiger partial charge in [0.25, 0.3) is 0 Å². The average molecular weight is 428 g/mol. The smallest absolute Gasteiger partial charge is 0.380 e. The molecule has 4 heterocycles. The number of aromatic amines is 1. The summed E-state index contributed by atoms with van der Waals surface area (Å²) in [5.74, 6) is 0.432. The molecule has 0 spiro atoms. The predicted octanol–water partition coefficient (Wildman–Crippen LogP) is 3.72. The minimum absolute atomic E-state index is 0.00892. The Balaban J connectivity index is 1.57. The van der Waals surface area contributed by atoms with Crippen molar-refractivity contribution in [1.29, 1.82) is 0 Å². The van der Waals surface area contributed by atoms with E-state index in [4.69, 9.17) is 10.5 Å². The summed E-state index contributed by atoms with van der Waals surface area (Å²) >= 11 is 0. The number of nitrogens with zero attached hydrogens (tertiary/aromatic N) is 3. The van der Waals surface area contributed by atoms with E-state index in [9.17, 15) is 13.2 Å². The molecule has 10 heteroatoms. The molecule has 1 aromatic carbocycles. The number of anilines is 1. The van der Waals surface area contributed by atoms with Crippen LogP contribution in [0, 0.1) is 0 Å². The van der Waals surface area contributed by atoms with E-state index < -0.39 is 11.7 Å². The molecule has 0 saturated carbocycles. The van der Waals surface area contributed by atoms with E-state index in [2.05, 4.69) is 25.3 Å². The molecule has 31 heavy (non-hydrogen) atoms. The zero-order valence-electron chi connectivity index (χ0n) is 16.3. The fraction of sp³-hybridized carbons (Fsp3) is 0.286. The fourth-order valence-electron chi connectivity index (χ4n) is 3.85. The van der Waals surface area contributed by atoms with Crippen LogP contribution in [0.15, 0.2) is 43.0 Å². The molecule has 1 aliphatic rings. The zero-order chi connectivity index (χ0) is 21.6. The molecule has 5 rings (SSSR count). The molecule has 0 unspecified atom stereocenters. The Labute approximate surface area is 174 Å². The number of benzene rings is 1. The molecule has 0 radical (unpaired) electrons.